The highest BCUT2D eigenvalue weighted by atomic mass is 35.5. The maximum Gasteiger partial charge on any atom is 0.0650 e. The van der Waals surface area contributed by atoms with Crippen molar-refractivity contribution in [3.63, 3.8) is 0 Å². The Morgan fingerprint density at radius 2 is 2.13 bits per heavy atom. The van der Waals surface area contributed by atoms with Crippen LogP contribution in [0.2, 0.25) is 5.02 Å². The summed E-state index contributed by atoms with van der Waals surface area (Å²) < 4.78 is 0. The fourth-order valence-electron chi connectivity index (χ4n) is 2.03. The molecule has 0 saturated heterocycles. The zero-order chi connectivity index (χ0) is 10.6. The summed E-state index contributed by atoms with van der Waals surface area (Å²) in [4.78, 5) is 3.18. The normalized spacial score (nSPS) is 18.3. The molecule has 0 aliphatic heterocycles. The lowest BCUT2D eigenvalue weighted by Crippen LogP contribution is -2.18. The number of rotatable bonds is 1. The van der Waals surface area contributed by atoms with Gasteiger partial charge in [0.05, 0.1) is 10.5 Å². The first kappa shape index (κ1) is 9.25. The minimum Gasteiger partial charge on any atom is -0.360 e. The van der Waals surface area contributed by atoms with Crippen molar-refractivity contribution < 1.29 is 0 Å². The van der Waals surface area contributed by atoms with Gasteiger partial charge in [-0.05, 0) is 43.0 Å². The van der Waals surface area contributed by atoms with E-state index in [0.717, 1.165) is 23.4 Å². The highest BCUT2D eigenvalue weighted by Gasteiger charge is 2.40. The Bertz CT molecular complexity index is 538. The summed E-state index contributed by atoms with van der Waals surface area (Å²) in [5.41, 5.74) is 9.47. The van der Waals surface area contributed by atoms with Crippen LogP contribution in [-0.2, 0) is 5.54 Å². The Labute approximate surface area is 93.4 Å². The van der Waals surface area contributed by atoms with Crippen molar-refractivity contribution in [3.8, 4) is 0 Å². The van der Waals surface area contributed by atoms with E-state index in [1.807, 2.05) is 12.3 Å². The van der Waals surface area contributed by atoms with Crippen LogP contribution in [0, 0.1) is 6.92 Å². The highest BCUT2D eigenvalue weighted by Crippen LogP contribution is 2.44. The van der Waals surface area contributed by atoms with Crippen molar-refractivity contribution in [2.45, 2.75) is 25.3 Å². The molecule has 1 aromatic carbocycles. The largest absolute Gasteiger partial charge is 0.360 e. The molecule has 1 saturated carbocycles. The van der Waals surface area contributed by atoms with Crippen molar-refractivity contribution in [3.05, 3.63) is 34.5 Å². The Morgan fingerprint density at radius 3 is 2.80 bits per heavy atom. The Kier molecular flexibility index (Phi) is 1.71. The first-order valence-corrected chi connectivity index (χ1v) is 5.54. The number of aromatic nitrogens is 1. The zero-order valence-corrected chi connectivity index (χ0v) is 9.36. The van der Waals surface area contributed by atoms with Crippen LogP contribution in [0.4, 0.5) is 0 Å². The summed E-state index contributed by atoms with van der Waals surface area (Å²) in [6, 6.07) is 4.16. The van der Waals surface area contributed by atoms with Gasteiger partial charge in [-0.1, -0.05) is 11.6 Å². The molecule has 0 radical (unpaired) electrons. The average Bonchev–Trinajstić information content (AvgIpc) is 2.84. The minimum atomic E-state index is -0.110. The molecular formula is C12H13ClN2. The maximum absolute atomic E-state index is 6.22. The van der Waals surface area contributed by atoms with Gasteiger partial charge in [0.1, 0.15) is 0 Å². The number of fused-ring (bicyclic) bond motifs is 1. The van der Waals surface area contributed by atoms with Crippen molar-refractivity contribution in [2.75, 3.05) is 0 Å². The Morgan fingerprint density at radius 1 is 1.40 bits per heavy atom. The summed E-state index contributed by atoms with van der Waals surface area (Å²) in [5, 5.41) is 1.96. The number of nitrogens with two attached hydrogens (primary N) is 1. The summed E-state index contributed by atoms with van der Waals surface area (Å²) in [6.45, 7) is 2.08. The quantitative estimate of drug-likeness (QED) is 0.762. The van der Waals surface area contributed by atoms with Crippen LogP contribution >= 0.6 is 11.6 Å². The van der Waals surface area contributed by atoms with E-state index in [9.17, 15) is 0 Å². The molecule has 3 heteroatoms. The van der Waals surface area contributed by atoms with Crippen LogP contribution in [0.15, 0.2) is 18.3 Å². The lowest BCUT2D eigenvalue weighted by Gasteiger charge is -2.10. The smallest absolute Gasteiger partial charge is 0.0650 e. The van der Waals surface area contributed by atoms with Gasteiger partial charge in [-0.2, -0.15) is 0 Å². The van der Waals surface area contributed by atoms with E-state index in [1.54, 1.807) is 0 Å². The van der Waals surface area contributed by atoms with Gasteiger partial charge < -0.3 is 10.7 Å². The van der Waals surface area contributed by atoms with Gasteiger partial charge in [-0.25, -0.2) is 0 Å². The third kappa shape index (κ3) is 1.29. The summed E-state index contributed by atoms with van der Waals surface area (Å²) in [6.07, 6.45) is 4.12. The Hall–Kier alpha value is -0.990. The highest BCUT2D eigenvalue weighted by molar-refractivity contribution is 6.35. The summed E-state index contributed by atoms with van der Waals surface area (Å²) in [7, 11) is 0. The topological polar surface area (TPSA) is 41.8 Å². The molecule has 0 bridgehead atoms. The van der Waals surface area contributed by atoms with Crippen LogP contribution < -0.4 is 5.73 Å². The van der Waals surface area contributed by atoms with Crippen LogP contribution in [-0.4, -0.2) is 4.98 Å². The zero-order valence-electron chi connectivity index (χ0n) is 8.60. The van der Waals surface area contributed by atoms with Gasteiger partial charge in [0.2, 0.25) is 0 Å². The van der Waals surface area contributed by atoms with Gasteiger partial charge in [0, 0.05) is 17.1 Å². The third-order valence-corrected chi connectivity index (χ3v) is 3.61. The van der Waals surface area contributed by atoms with E-state index in [4.69, 9.17) is 17.3 Å². The second kappa shape index (κ2) is 2.77. The Balaban J connectivity index is 2.30. The molecule has 1 aliphatic carbocycles. The molecule has 1 aromatic heterocycles. The number of benzene rings is 1. The van der Waals surface area contributed by atoms with Crippen LogP contribution in [0.5, 0.6) is 0 Å². The molecule has 0 spiro atoms. The standard InChI is InChI=1S/C12H13ClN2/c1-7-6-15-11-9(7)4-8(5-10(11)13)12(14)2-3-12/h4-6,15H,2-3,14H2,1H3. The SMILES string of the molecule is Cc1c[nH]c2c(Cl)cc(C3(N)CC3)cc12. The molecule has 1 heterocycles. The lowest BCUT2D eigenvalue weighted by atomic mass is 10.0. The molecule has 0 atom stereocenters. The summed E-state index contributed by atoms with van der Waals surface area (Å²) in [5.74, 6) is 0. The number of hydrogen-bond acceptors (Lipinski definition) is 1. The van der Waals surface area contributed by atoms with Crippen molar-refractivity contribution in [1.82, 2.24) is 4.98 Å². The van der Waals surface area contributed by atoms with Gasteiger partial charge in [0.25, 0.3) is 0 Å². The van der Waals surface area contributed by atoms with Crippen molar-refractivity contribution >= 4 is 22.5 Å². The first-order valence-electron chi connectivity index (χ1n) is 5.17. The molecule has 2 nitrogen and oxygen atoms in total. The molecule has 3 N–H and O–H groups in total. The fourth-order valence-corrected chi connectivity index (χ4v) is 2.31. The van der Waals surface area contributed by atoms with E-state index in [-0.39, 0.29) is 5.54 Å². The van der Waals surface area contributed by atoms with E-state index in [2.05, 4.69) is 18.0 Å². The maximum atomic E-state index is 6.22. The molecule has 3 rings (SSSR count). The van der Waals surface area contributed by atoms with E-state index in [0.29, 0.717) is 0 Å². The summed E-state index contributed by atoms with van der Waals surface area (Å²) >= 11 is 6.22. The van der Waals surface area contributed by atoms with Crippen LogP contribution in [0.3, 0.4) is 0 Å². The molecule has 1 aliphatic rings. The molecular weight excluding hydrogens is 208 g/mol. The average molecular weight is 221 g/mol. The fraction of sp³-hybridized carbons (Fsp3) is 0.333. The number of nitrogens with one attached hydrogen (secondary N) is 1. The van der Waals surface area contributed by atoms with E-state index < -0.39 is 0 Å². The first-order chi connectivity index (χ1) is 7.10. The number of hydrogen-bond donors (Lipinski definition) is 2. The molecule has 2 aromatic rings. The van der Waals surface area contributed by atoms with Gasteiger partial charge in [-0.3, -0.25) is 0 Å². The van der Waals surface area contributed by atoms with Crippen LogP contribution in [0.25, 0.3) is 10.9 Å². The number of aromatic amines is 1. The van der Waals surface area contributed by atoms with Gasteiger partial charge in [0.15, 0.2) is 0 Å². The van der Waals surface area contributed by atoms with E-state index in [1.165, 1.54) is 16.5 Å². The molecule has 78 valence electrons. The molecule has 15 heavy (non-hydrogen) atoms. The molecule has 0 unspecified atom stereocenters. The van der Waals surface area contributed by atoms with Gasteiger partial charge >= 0.3 is 0 Å². The number of aryl methyl sites for hydroxylation is 1. The number of H-pyrrole nitrogens is 1. The van der Waals surface area contributed by atoms with Crippen molar-refractivity contribution in [1.29, 1.82) is 0 Å². The van der Waals surface area contributed by atoms with Crippen molar-refractivity contribution in [2.24, 2.45) is 5.73 Å². The minimum absolute atomic E-state index is 0.110. The lowest BCUT2D eigenvalue weighted by molar-refractivity contribution is 0.741. The molecule has 0 amide bonds. The number of halogens is 1. The predicted octanol–water partition coefficient (Wildman–Crippen LogP) is 3.08. The molecule has 1 fully saturated rings. The van der Waals surface area contributed by atoms with Gasteiger partial charge in [-0.15, -0.1) is 0 Å². The van der Waals surface area contributed by atoms with E-state index >= 15 is 0 Å². The van der Waals surface area contributed by atoms with Crippen LogP contribution in [0.1, 0.15) is 24.0 Å². The second-order valence-corrected chi connectivity index (χ2v) is 4.92. The third-order valence-electron chi connectivity index (χ3n) is 3.31. The second-order valence-electron chi connectivity index (χ2n) is 4.51. The monoisotopic (exact) mass is 220 g/mol. The predicted molar refractivity (Wildman–Crippen MR) is 63.1 cm³/mol.